The van der Waals surface area contributed by atoms with Crippen LogP contribution in [0.15, 0.2) is 18.2 Å². The molecular formula is C15H22N2O5. The van der Waals surface area contributed by atoms with Crippen LogP contribution in [0.1, 0.15) is 30.6 Å². The number of carbonyl (C=O) groups excluding carboxylic acids is 1. The molecule has 0 spiro atoms. The normalized spacial score (nSPS) is 10.5. The van der Waals surface area contributed by atoms with Crippen LogP contribution in [0.5, 0.6) is 5.75 Å². The fourth-order valence-electron chi connectivity index (χ4n) is 2.04. The van der Waals surface area contributed by atoms with Gasteiger partial charge in [0, 0.05) is 12.6 Å². The number of rotatable bonds is 9. The molecule has 0 N–H and O–H groups in total. The predicted molar refractivity (Wildman–Crippen MR) is 82.3 cm³/mol. The third kappa shape index (κ3) is 5.00. The number of esters is 1. The van der Waals surface area contributed by atoms with Crippen molar-refractivity contribution in [1.82, 2.24) is 4.90 Å². The van der Waals surface area contributed by atoms with Gasteiger partial charge in [-0.05, 0) is 31.6 Å². The average Bonchev–Trinajstić information content (AvgIpc) is 2.54. The van der Waals surface area contributed by atoms with Crippen LogP contribution in [0, 0.1) is 10.1 Å². The zero-order chi connectivity index (χ0) is 16.5. The summed E-state index contributed by atoms with van der Waals surface area (Å²) >= 11 is 0. The highest BCUT2D eigenvalue weighted by Gasteiger charge is 2.19. The van der Waals surface area contributed by atoms with Gasteiger partial charge in [0.1, 0.15) is 0 Å². The fraction of sp³-hybridized carbons (Fsp3) is 0.533. The number of nitro benzene ring substituents is 1. The van der Waals surface area contributed by atoms with Gasteiger partial charge in [0.25, 0.3) is 0 Å². The number of ether oxygens (including phenoxy) is 2. The van der Waals surface area contributed by atoms with Gasteiger partial charge in [-0.1, -0.05) is 13.8 Å². The van der Waals surface area contributed by atoms with Gasteiger partial charge in [0.05, 0.1) is 24.2 Å². The number of methoxy groups -OCH3 is 1. The van der Waals surface area contributed by atoms with Crippen molar-refractivity contribution in [2.45, 2.75) is 20.3 Å². The molecule has 0 aliphatic carbocycles. The van der Waals surface area contributed by atoms with Crippen LogP contribution in [0.2, 0.25) is 0 Å². The summed E-state index contributed by atoms with van der Waals surface area (Å²) in [6.07, 6.45) is 0.775. The molecule has 0 aliphatic heterocycles. The average molecular weight is 310 g/mol. The first kappa shape index (κ1) is 17.9. The monoisotopic (exact) mass is 310 g/mol. The highest BCUT2D eigenvalue weighted by molar-refractivity contribution is 5.90. The van der Waals surface area contributed by atoms with Crippen molar-refractivity contribution in [3.05, 3.63) is 33.9 Å². The zero-order valence-corrected chi connectivity index (χ0v) is 13.2. The Morgan fingerprint density at radius 2 is 2.00 bits per heavy atom. The Bertz CT molecular complexity index is 515. The Labute approximate surface area is 130 Å². The first-order valence-corrected chi connectivity index (χ1v) is 7.25. The summed E-state index contributed by atoms with van der Waals surface area (Å²) in [6, 6.07) is 4.06. The minimum absolute atomic E-state index is 0.129. The van der Waals surface area contributed by atoms with Gasteiger partial charge in [0.2, 0.25) is 0 Å². The summed E-state index contributed by atoms with van der Waals surface area (Å²) in [5, 5.41) is 11.1. The smallest absolute Gasteiger partial charge is 0.338 e. The second-order valence-electron chi connectivity index (χ2n) is 4.66. The minimum atomic E-state index is -0.615. The van der Waals surface area contributed by atoms with Gasteiger partial charge in [-0.15, -0.1) is 0 Å². The lowest BCUT2D eigenvalue weighted by atomic mass is 10.2. The second kappa shape index (κ2) is 8.99. The van der Waals surface area contributed by atoms with Gasteiger partial charge in [0.15, 0.2) is 5.75 Å². The molecule has 0 amide bonds. The van der Waals surface area contributed by atoms with Crippen LogP contribution in [-0.4, -0.2) is 49.1 Å². The van der Waals surface area contributed by atoms with Crippen molar-refractivity contribution in [2.75, 3.05) is 33.4 Å². The fourth-order valence-corrected chi connectivity index (χ4v) is 2.04. The van der Waals surface area contributed by atoms with Gasteiger partial charge >= 0.3 is 11.7 Å². The van der Waals surface area contributed by atoms with Crippen LogP contribution in [0.25, 0.3) is 0 Å². The number of hydrogen-bond acceptors (Lipinski definition) is 6. The molecule has 0 fully saturated rings. The Hall–Kier alpha value is -2.15. The largest absolute Gasteiger partial charge is 0.487 e. The number of carbonyl (C=O) groups is 1. The third-order valence-electron chi connectivity index (χ3n) is 3.35. The molecule has 1 rings (SSSR count). The van der Waals surface area contributed by atoms with Crippen LogP contribution in [0.4, 0.5) is 5.69 Å². The Balaban J connectivity index is 2.70. The van der Waals surface area contributed by atoms with E-state index in [1.54, 1.807) is 0 Å². The molecular weight excluding hydrogens is 288 g/mol. The molecule has 0 aliphatic rings. The molecule has 0 bridgehead atoms. The molecule has 1 aromatic carbocycles. The summed E-state index contributed by atoms with van der Waals surface area (Å²) < 4.78 is 10.0. The molecule has 1 aromatic rings. The van der Waals surface area contributed by atoms with Crippen molar-refractivity contribution in [2.24, 2.45) is 0 Å². The third-order valence-corrected chi connectivity index (χ3v) is 3.35. The number of nitrogens with zero attached hydrogens (tertiary/aromatic N) is 2. The van der Waals surface area contributed by atoms with E-state index in [0.29, 0.717) is 6.61 Å². The quantitative estimate of drug-likeness (QED) is 0.302. The molecule has 0 radical (unpaired) electrons. The molecule has 0 aromatic heterocycles. The topological polar surface area (TPSA) is 81.9 Å². The van der Waals surface area contributed by atoms with Gasteiger partial charge < -0.3 is 14.4 Å². The van der Waals surface area contributed by atoms with Crippen LogP contribution in [-0.2, 0) is 4.74 Å². The highest BCUT2D eigenvalue weighted by Crippen LogP contribution is 2.28. The SMILES string of the molecule is CCN(CC)CCCOc1ccc(C(=O)OC)cc1[N+](=O)[O-]. The Morgan fingerprint density at radius 1 is 1.32 bits per heavy atom. The molecule has 0 heterocycles. The number of hydrogen-bond donors (Lipinski definition) is 0. The molecule has 0 unspecified atom stereocenters. The maximum absolute atomic E-state index is 11.4. The Morgan fingerprint density at radius 3 is 2.55 bits per heavy atom. The summed E-state index contributed by atoms with van der Waals surface area (Å²) in [6.45, 7) is 7.35. The zero-order valence-electron chi connectivity index (χ0n) is 13.2. The van der Waals surface area contributed by atoms with Crippen LogP contribution in [0.3, 0.4) is 0 Å². The van der Waals surface area contributed by atoms with E-state index in [0.717, 1.165) is 26.1 Å². The van der Waals surface area contributed by atoms with Crippen molar-refractivity contribution in [3.63, 3.8) is 0 Å². The molecule has 7 nitrogen and oxygen atoms in total. The van der Waals surface area contributed by atoms with E-state index in [9.17, 15) is 14.9 Å². The van der Waals surface area contributed by atoms with Crippen LogP contribution >= 0.6 is 0 Å². The van der Waals surface area contributed by atoms with Gasteiger partial charge in [-0.2, -0.15) is 0 Å². The van der Waals surface area contributed by atoms with Crippen molar-refractivity contribution >= 4 is 11.7 Å². The first-order valence-electron chi connectivity index (χ1n) is 7.25. The van der Waals surface area contributed by atoms with Gasteiger partial charge in [-0.25, -0.2) is 4.79 Å². The van der Waals surface area contributed by atoms with Crippen LogP contribution < -0.4 is 4.74 Å². The maximum Gasteiger partial charge on any atom is 0.338 e. The molecule has 0 saturated heterocycles. The predicted octanol–water partition coefficient (Wildman–Crippen LogP) is 2.49. The highest BCUT2D eigenvalue weighted by atomic mass is 16.6. The first-order chi connectivity index (χ1) is 10.5. The lowest BCUT2D eigenvalue weighted by Crippen LogP contribution is -2.25. The standard InChI is InChI=1S/C15H22N2O5/c1-4-16(5-2)9-6-10-22-14-8-7-12(15(18)21-3)11-13(14)17(19)20/h7-8,11H,4-6,9-10H2,1-3H3. The van der Waals surface area contributed by atoms with Crippen molar-refractivity contribution in [3.8, 4) is 5.75 Å². The van der Waals surface area contributed by atoms with E-state index in [2.05, 4.69) is 23.5 Å². The lowest BCUT2D eigenvalue weighted by Gasteiger charge is -2.17. The molecule has 0 saturated carbocycles. The van der Waals surface area contributed by atoms with E-state index in [1.807, 2.05) is 0 Å². The summed E-state index contributed by atoms with van der Waals surface area (Å²) in [4.78, 5) is 24.2. The molecule has 7 heteroatoms. The molecule has 22 heavy (non-hydrogen) atoms. The maximum atomic E-state index is 11.4. The minimum Gasteiger partial charge on any atom is -0.487 e. The van der Waals surface area contributed by atoms with E-state index in [4.69, 9.17) is 4.74 Å². The molecule has 0 atom stereocenters. The number of nitro groups is 1. The number of benzene rings is 1. The van der Waals surface area contributed by atoms with Crippen molar-refractivity contribution < 1.29 is 19.2 Å². The Kier molecular flexibility index (Phi) is 7.31. The van der Waals surface area contributed by atoms with Crippen molar-refractivity contribution in [1.29, 1.82) is 0 Å². The summed E-state index contributed by atoms with van der Waals surface area (Å²) in [7, 11) is 1.23. The van der Waals surface area contributed by atoms with E-state index in [1.165, 1.54) is 25.3 Å². The van der Waals surface area contributed by atoms with E-state index < -0.39 is 10.9 Å². The molecule has 122 valence electrons. The van der Waals surface area contributed by atoms with E-state index >= 15 is 0 Å². The van der Waals surface area contributed by atoms with Gasteiger partial charge in [-0.3, -0.25) is 10.1 Å². The lowest BCUT2D eigenvalue weighted by molar-refractivity contribution is -0.385. The summed E-state index contributed by atoms with van der Waals surface area (Å²) in [5.41, 5.74) is -0.101. The second-order valence-corrected chi connectivity index (χ2v) is 4.66. The summed E-state index contributed by atoms with van der Waals surface area (Å²) in [5.74, 6) is -0.451. The van der Waals surface area contributed by atoms with E-state index in [-0.39, 0.29) is 17.0 Å².